The zero-order valence-electron chi connectivity index (χ0n) is 9.61. The fraction of sp³-hybridized carbons (Fsp3) is 0.333. The molecule has 0 aliphatic carbocycles. The highest BCUT2D eigenvalue weighted by molar-refractivity contribution is 6.31. The molecule has 90 valence electrons. The Hall–Kier alpha value is -1.55. The van der Waals surface area contributed by atoms with Crippen LogP contribution < -0.4 is 10.2 Å². The fourth-order valence-electron chi connectivity index (χ4n) is 1.81. The van der Waals surface area contributed by atoms with E-state index < -0.39 is 12.1 Å². The number of carbonyl (C=O) groups excluding carboxylic acids is 2. The molecule has 5 heteroatoms. The third-order valence-electron chi connectivity index (χ3n) is 2.70. The molecule has 0 bridgehead atoms. The number of halogens is 1. The summed E-state index contributed by atoms with van der Waals surface area (Å²) in [7, 11) is 0. The second-order valence-corrected chi connectivity index (χ2v) is 4.76. The molecule has 1 fully saturated rings. The quantitative estimate of drug-likeness (QED) is 0.822. The van der Waals surface area contributed by atoms with Gasteiger partial charge in [-0.2, -0.15) is 0 Å². The molecule has 1 aliphatic rings. The SMILES string of the molecule is CC(C)C1NC(=O)N(c2cccc(Cl)c2)C1=O. The van der Waals surface area contributed by atoms with E-state index in [1.54, 1.807) is 24.3 Å². The molecule has 4 nitrogen and oxygen atoms in total. The number of imide groups is 1. The summed E-state index contributed by atoms with van der Waals surface area (Å²) in [5.74, 6) is -0.164. The van der Waals surface area contributed by atoms with Gasteiger partial charge in [0.05, 0.1) is 5.69 Å². The van der Waals surface area contributed by atoms with Crippen LogP contribution in [-0.4, -0.2) is 18.0 Å². The lowest BCUT2D eigenvalue weighted by Crippen LogP contribution is -2.34. The summed E-state index contributed by atoms with van der Waals surface area (Å²) >= 11 is 5.85. The van der Waals surface area contributed by atoms with Crippen LogP contribution in [0.4, 0.5) is 10.5 Å². The molecule has 1 aliphatic heterocycles. The first-order chi connectivity index (χ1) is 8.00. The Morgan fingerprint density at radius 2 is 2.06 bits per heavy atom. The molecule has 3 amide bonds. The van der Waals surface area contributed by atoms with E-state index >= 15 is 0 Å². The first-order valence-electron chi connectivity index (χ1n) is 5.40. The van der Waals surface area contributed by atoms with E-state index in [0.29, 0.717) is 10.7 Å². The van der Waals surface area contributed by atoms with Crippen molar-refractivity contribution in [3.8, 4) is 0 Å². The monoisotopic (exact) mass is 252 g/mol. The van der Waals surface area contributed by atoms with E-state index in [1.807, 2.05) is 13.8 Å². The van der Waals surface area contributed by atoms with Gasteiger partial charge in [-0.05, 0) is 24.1 Å². The fourth-order valence-corrected chi connectivity index (χ4v) is 1.99. The van der Waals surface area contributed by atoms with Crippen LogP contribution in [0.25, 0.3) is 0 Å². The minimum Gasteiger partial charge on any atom is -0.325 e. The maximum Gasteiger partial charge on any atom is 0.329 e. The summed E-state index contributed by atoms with van der Waals surface area (Å²) in [6, 6.07) is 5.84. The van der Waals surface area contributed by atoms with Crippen LogP contribution in [0.2, 0.25) is 5.02 Å². The lowest BCUT2D eigenvalue weighted by Gasteiger charge is -2.14. The van der Waals surface area contributed by atoms with Crippen molar-refractivity contribution in [2.45, 2.75) is 19.9 Å². The van der Waals surface area contributed by atoms with Crippen molar-refractivity contribution < 1.29 is 9.59 Å². The summed E-state index contributed by atoms with van der Waals surface area (Å²) in [4.78, 5) is 25.0. The number of urea groups is 1. The van der Waals surface area contributed by atoms with Gasteiger partial charge in [0, 0.05) is 5.02 Å². The van der Waals surface area contributed by atoms with Crippen LogP contribution in [0, 0.1) is 5.92 Å². The molecule has 1 unspecified atom stereocenters. The molecule has 0 aromatic heterocycles. The van der Waals surface area contributed by atoms with E-state index in [1.165, 1.54) is 0 Å². The minimum absolute atomic E-state index is 0.0654. The summed E-state index contributed by atoms with van der Waals surface area (Å²) < 4.78 is 0. The van der Waals surface area contributed by atoms with Gasteiger partial charge >= 0.3 is 6.03 Å². The normalized spacial score (nSPS) is 20.0. The molecule has 0 saturated carbocycles. The second-order valence-electron chi connectivity index (χ2n) is 4.32. The molecule has 1 aromatic rings. The Bertz CT molecular complexity index is 473. The Kier molecular flexibility index (Phi) is 3.07. The van der Waals surface area contributed by atoms with E-state index in [2.05, 4.69) is 5.32 Å². The molecule has 0 radical (unpaired) electrons. The predicted octanol–water partition coefficient (Wildman–Crippen LogP) is 2.42. The van der Waals surface area contributed by atoms with Gasteiger partial charge in [0.25, 0.3) is 5.91 Å². The minimum atomic E-state index is -0.457. The van der Waals surface area contributed by atoms with E-state index in [-0.39, 0.29) is 11.8 Å². The van der Waals surface area contributed by atoms with Crippen molar-refractivity contribution in [1.82, 2.24) is 5.32 Å². The Labute approximate surface area is 105 Å². The zero-order chi connectivity index (χ0) is 12.6. The molecule has 0 spiro atoms. The second kappa shape index (κ2) is 4.37. The Morgan fingerprint density at radius 3 is 2.59 bits per heavy atom. The number of benzene rings is 1. The number of nitrogens with zero attached hydrogens (tertiary/aromatic N) is 1. The van der Waals surface area contributed by atoms with Gasteiger partial charge < -0.3 is 5.32 Å². The van der Waals surface area contributed by atoms with Gasteiger partial charge in [0.1, 0.15) is 6.04 Å². The third-order valence-corrected chi connectivity index (χ3v) is 2.94. The van der Waals surface area contributed by atoms with Crippen LogP contribution in [-0.2, 0) is 4.79 Å². The average Bonchev–Trinajstić information content (AvgIpc) is 2.54. The van der Waals surface area contributed by atoms with Crippen molar-refractivity contribution in [2.24, 2.45) is 5.92 Å². The largest absolute Gasteiger partial charge is 0.329 e. The molecule has 1 atom stereocenters. The van der Waals surface area contributed by atoms with Gasteiger partial charge in [-0.1, -0.05) is 31.5 Å². The number of anilines is 1. The number of nitrogens with one attached hydrogen (secondary N) is 1. The van der Waals surface area contributed by atoms with Crippen molar-refractivity contribution in [3.63, 3.8) is 0 Å². The van der Waals surface area contributed by atoms with E-state index in [0.717, 1.165) is 4.90 Å². The number of amides is 3. The standard InChI is InChI=1S/C12H13ClN2O2/c1-7(2)10-11(16)15(12(17)14-10)9-5-3-4-8(13)6-9/h3-7,10H,1-2H3,(H,14,17). The molecular formula is C12H13ClN2O2. The first-order valence-corrected chi connectivity index (χ1v) is 5.78. The van der Waals surface area contributed by atoms with E-state index in [4.69, 9.17) is 11.6 Å². The maximum absolute atomic E-state index is 12.1. The van der Waals surface area contributed by atoms with Crippen molar-refractivity contribution in [3.05, 3.63) is 29.3 Å². The van der Waals surface area contributed by atoms with Gasteiger partial charge in [-0.25, -0.2) is 9.69 Å². The summed E-state index contributed by atoms with van der Waals surface area (Å²) in [5, 5.41) is 3.16. The van der Waals surface area contributed by atoms with Crippen LogP contribution in [0.15, 0.2) is 24.3 Å². The lowest BCUT2D eigenvalue weighted by atomic mass is 10.0. The van der Waals surface area contributed by atoms with Crippen LogP contribution in [0.1, 0.15) is 13.8 Å². The van der Waals surface area contributed by atoms with Crippen molar-refractivity contribution in [2.75, 3.05) is 4.90 Å². The molecule has 1 heterocycles. The van der Waals surface area contributed by atoms with Crippen molar-refractivity contribution >= 4 is 29.2 Å². The topological polar surface area (TPSA) is 49.4 Å². The molecule has 1 aromatic carbocycles. The van der Waals surface area contributed by atoms with Crippen molar-refractivity contribution in [1.29, 1.82) is 0 Å². The average molecular weight is 253 g/mol. The number of hydrogen-bond donors (Lipinski definition) is 1. The Morgan fingerprint density at radius 1 is 1.35 bits per heavy atom. The summed E-state index contributed by atoms with van der Waals surface area (Å²) in [5.41, 5.74) is 0.503. The molecule has 17 heavy (non-hydrogen) atoms. The predicted molar refractivity (Wildman–Crippen MR) is 66.1 cm³/mol. The van der Waals surface area contributed by atoms with Gasteiger partial charge in [0.2, 0.25) is 0 Å². The van der Waals surface area contributed by atoms with Gasteiger partial charge in [0.15, 0.2) is 0 Å². The lowest BCUT2D eigenvalue weighted by molar-refractivity contribution is -0.119. The Balaban J connectivity index is 2.34. The van der Waals surface area contributed by atoms with Crippen LogP contribution >= 0.6 is 11.6 Å². The number of hydrogen-bond acceptors (Lipinski definition) is 2. The molecule has 2 rings (SSSR count). The van der Waals surface area contributed by atoms with Gasteiger partial charge in [-0.3, -0.25) is 4.79 Å². The highest BCUT2D eigenvalue weighted by atomic mass is 35.5. The van der Waals surface area contributed by atoms with Crippen LogP contribution in [0.5, 0.6) is 0 Å². The van der Waals surface area contributed by atoms with E-state index in [9.17, 15) is 9.59 Å². The summed E-state index contributed by atoms with van der Waals surface area (Å²) in [6.45, 7) is 3.79. The van der Waals surface area contributed by atoms with Crippen LogP contribution in [0.3, 0.4) is 0 Å². The molecular weight excluding hydrogens is 240 g/mol. The summed E-state index contributed by atoms with van der Waals surface area (Å²) in [6.07, 6.45) is 0. The molecule has 1 N–H and O–H groups in total. The smallest absolute Gasteiger partial charge is 0.325 e. The highest BCUT2D eigenvalue weighted by Crippen LogP contribution is 2.24. The maximum atomic E-state index is 12.1. The number of rotatable bonds is 2. The zero-order valence-corrected chi connectivity index (χ0v) is 10.4. The third kappa shape index (κ3) is 2.13. The molecule has 1 saturated heterocycles. The number of carbonyl (C=O) groups is 2. The first kappa shape index (κ1) is 11.9. The highest BCUT2D eigenvalue weighted by Gasteiger charge is 2.40. The van der Waals surface area contributed by atoms with Gasteiger partial charge in [-0.15, -0.1) is 0 Å².